The highest BCUT2D eigenvalue weighted by atomic mass is 19.1. The Bertz CT molecular complexity index is 1370. The minimum absolute atomic E-state index is 0.122. The Kier molecular flexibility index (Phi) is 4.93. The third kappa shape index (κ3) is 3.73. The Labute approximate surface area is 182 Å². The highest BCUT2D eigenvalue weighted by Crippen LogP contribution is 2.27. The number of imidazole rings is 1. The summed E-state index contributed by atoms with van der Waals surface area (Å²) in [4.78, 5) is 25.4. The summed E-state index contributed by atoms with van der Waals surface area (Å²) < 4.78 is 27.4. The minimum Gasteiger partial charge on any atom is -0.493 e. The van der Waals surface area contributed by atoms with Gasteiger partial charge in [-0.25, -0.2) is 19.3 Å². The van der Waals surface area contributed by atoms with Crippen LogP contribution in [-0.4, -0.2) is 31.9 Å². The molecule has 8 nitrogen and oxygen atoms in total. The molecule has 0 unspecified atom stereocenters. The molecule has 1 amide bonds. The number of benzene rings is 1. The smallest absolute Gasteiger partial charge is 0.293 e. The van der Waals surface area contributed by atoms with Crippen molar-refractivity contribution < 1.29 is 18.3 Å². The van der Waals surface area contributed by atoms with Crippen LogP contribution in [0.4, 0.5) is 10.1 Å². The van der Waals surface area contributed by atoms with E-state index in [2.05, 4.69) is 20.3 Å². The summed E-state index contributed by atoms with van der Waals surface area (Å²) in [7, 11) is 0. The van der Waals surface area contributed by atoms with Crippen LogP contribution >= 0.6 is 0 Å². The van der Waals surface area contributed by atoms with E-state index in [-0.39, 0.29) is 11.3 Å². The Balaban J connectivity index is 1.45. The van der Waals surface area contributed by atoms with Crippen LogP contribution in [0.1, 0.15) is 40.5 Å². The molecule has 0 bridgehead atoms. The molecule has 3 aromatic heterocycles. The predicted molar refractivity (Wildman–Crippen MR) is 115 cm³/mol. The molecule has 32 heavy (non-hydrogen) atoms. The molecule has 5 rings (SSSR count). The topological polar surface area (TPSA) is 94.6 Å². The molecule has 1 N–H and O–H groups in total. The van der Waals surface area contributed by atoms with Crippen molar-refractivity contribution in [2.75, 3.05) is 11.9 Å². The molecule has 0 saturated heterocycles. The normalized spacial score (nSPS) is 13.7. The first-order chi connectivity index (χ1) is 15.5. The van der Waals surface area contributed by atoms with Gasteiger partial charge in [-0.05, 0) is 44.0 Å². The number of hydrogen-bond donors (Lipinski definition) is 1. The number of carbonyl (C=O) groups excluding carboxylic acids is 1. The Morgan fingerprint density at radius 2 is 2.09 bits per heavy atom. The highest BCUT2D eigenvalue weighted by molar-refractivity contribution is 6.03. The number of oxazole rings is 1. The summed E-state index contributed by atoms with van der Waals surface area (Å²) in [6.07, 6.45) is 9.24. The lowest BCUT2D eigenvalue weighted by Gasteiger charge is -2.14. The van der Waals surface area contributed by atoms with Gasteiger partial charge in [0.25, 0.3) is 5.91 Å². The number of amides is 1. The molecule has 9 heteroatoms. The number of fused-ring (bicyclic) bond motifs is 1. The van der Waals surface area contributed by atoms with Crippen LogP contribution in [0.2, 0.25) is 0 Å². The summed E-state index contributed by atoms with van der Waals surface area (Å²) in [6.45, 7) is 4.03. The third-order valence-corrected chi connectivity index (χ3v) is 5.14. The number of carbonyl (C=O) groups is 1. The van der Waals surface area contributed by atoms with Gasteiger partial charge in [-0.2, -0.15) is 0 Å². The fourth-order valence-electron chi connectivity index (χ4n) is 3.63. The number of allylic oxidation sites excluding steroid dienone is 1. The molecule has 1 aliphatic rings. The van der Waals surface area contributed by atoms with Gasteiger partial charge in [0.15, 0.2) is 5.89 Å². The number of nitrogens with one attached hydrogen (secondary N) is 1. The Morgan fingerprint density at radius 1 is 1.22 bits per heavy atom. The Hall–Kier alpha value is -4.01. The molecule has 162 valence electrons. The van der Waals surface area contributed by atoms with Gasteiger partial charge in [-0.3, -0.25) is 9.20 Å². The van der Waals surface area contributed by atoms with Gasteiger partial charge < -0.3 is 14.5 Å². The van der Waals surface area contributed by atoms with E-state index in [0.29, 0.717) is 35.4 Å². The monoisotopic (exact) mass is 433 g/mol. The van der Waals surface area contributed by atoms with E-state index in [1.165, 1.54) is 18.2 Å². The Morgan fingerprint density at radius 3 is 2.84 bits per heavy atom. The molecule has 0 fully saturated rings. The van der Waals surface area contributed by atoms with E-state index >= 15 is 0 Å². The van der Waals surface area contributed by atoms with Gasteiger partial charge >= 0.3 is 0 Å². The van der Waals surface area contributed by atoms with Crippen LogP contribution in [-0.2, 0) is 4.74 Å². The second-order valence-corrected chi connectivity index (χ2v) is 7.53. The maximum Gasteiger partial charge on any atom is 0.293 e. The average molecular weight is 433 g/mol. The van der Waals surface area contributed by atoms with E-state index in [1.54, 1.807) is 30.6 Å². The summed E-state index contributed by atoms with van der Waals surface area (Å²) in [5.74, 6) is 0.825. The number of rotatable bonds is 4. The molecule has 0 atom stereocenters. The quantitative estimate of drug-likeness (QED) is 0.508. The largest absolute Gasteiger partial charge is 0.493 e. The minimum atomic E-state index is -0.461. The first-order valence-corrected chi connectivity index (χ1v) is 10.2. The van der Waals surface area contributed by atoms with Gasteiger partial charge in [0.1, 0.15) is 11.6 Å². The van der Waals surface area contributed by atoms with Crippen molar-refractivity contribution in [2.24, 2.45) is 0 Å². The molecule has 4 aromatic rings. The number of hydrogen-bond acceptors (Lipinski definition) is 6. The maximum absolute atomic E-state index is 14.6. The number of aromatic nitrogens is 4. The number of ether oxygens (including phenoxy) is 1. The zero-order valence-corrected chi connectivity index (χ0v) is 17.6. The van der Waals surface area contributed by atoms with Crippen LogP contribution in [0.25, 0.3) is 22.8 Å². The maximum atomic E-state index is 14.6. The van der Waals surface area contributed by atoms with Gasteiger partial charge in [0.2, 0.25) is 11.5 Å². The zero-order valence-electron chi connectivity index (χ0n) is 17.6. The van der Waals surface area contributed by atoms with Crippen molar-refractivity contribution in [1.82, 2.24) is 19.4 Å². The summed E-state index contributed by atoms with van der Waals surface area (Å²) in [6, 6.07) is 4.29. The molecule has 1 aliphatic heterocycles. The van der Waals surface area contributed by atoms with E-state index in [4.69, 9.17) is 9.15 Å². The van der Waals surface area contributed by atoms with Crippen molar-refractivity contribution >= 4 is 23.1 Å². The lowest BCUT2D eigenvalue weighted by molar-refractivity contribution is 0.0994. The SMILES string of the molecule is Cc1nc(C)c(C(=O)Nc2ccc(F)c(-c3cn4cc(C5=CCCCO5)cnc4n3)c2)o1. The third-order valence-electron chi connectivity index (χ3n) is 5.14. The van der Waals surface area contributed by atoms with Gasteiger partial charge in [-0.1, -0.05) is 0 Å². The molecule has 0 aliphatic carbocycles. The molecule has 0 spiro atoms. The molecular weight excluding hydrogens is 413 g/mol. The van der Waals surface area contributed by atoms with Gasteiger partial charge in [0, 0.05) is 36.8 Å². The van der Waals surface area contributed by atoms with E-state index in [9.17, 15) is 9.18 Å². The van der Waals surface area contributed by atoms with Crippen LogP contribution in [0.5, 0.6) is 0 Å². The first kappa shape index (κ1) is 19.9. The molecule has 1 aromatic carbocycles. The van der Waals surface area contributed by atoms with Crippen molar-refractivity contribution in [3.8, 4) is 11.3 Å². The number of anilines is 1. The lowest BCUT2D eigenvalue weighted by atomic mass is 10.1. The van der Waals surface area contributed by atoms with Crippen LogP contribution in [0, 0.1) is 19.7 Å². The molecular formula is C23H20FN5O3. The number of nitrogens with zero attached hydrogens (tertiary/aromatic N) is 4. The van der Waals surface area contributed by atoms with Crippen molar-refractivity contribution in [3.63, 3.8) is 0 Å². The first-order valence-electron chi connectivity index (χ1n) is 10.2. The van der Waals surface area contributed by atoms with Crippen molar-refractivity contribution in [2.45, 2.75) is 26.7 Å². The molecule has 0 saturated carbocycles. The number of aryl methyl sites for hydroxylation is 2. The second kappa shape index (κ2) is 7.92. The standard InChI is InChI=1S/C23H20FN5O3/c1-13-21(32-14(2)26-13)22(30)27-16-6-7-18(24)17(9-16)19-12-29-11-15(10-25-23(29)28-19)20-5-3-4-8-31-20/h5-7,9-12H,3-4,8H2,1-2H3,(H,27,30). The summed E-state index contributed by atoms with van der Waals surface area (Å²) >= 11 is 0. The summed E-state index contributed by atoms with van der Waals surface area (Å²) in [5, 5.41) is 2.72. The lowest BCUT2D eigenvalue weighted by Crippen LogP contribution is -2.12. The number of halogens is 1. The average Bonchev–Trinajstić information content (AvgIpc) is 3.37. The van der Waals surface area contributed by atoms with Crippen molar-refractivity contribution in [1.29, 1.82) is 0 Å². The summed E-state index contributed by atoms with van der Waals surface area (Å²) in [5.41, 5.74) is 2.37. The van der Waals surface area contributed by atoms with E-state index in [1.807, 2.05) is 12.3 Å². The fourth-order valence-corrected chi connectivity index (χ4v) is 3.63. The van der Waals surface area contributed by atoms with Gasteiger partial charge in [-0.15, -0.1) is 0 Å². The second-order valence-electron chi connectivity index (χ2n) is 7.53. The fraction of sp³-hybridized carbons (Fsp3) is 0.217. The predicted octanol–water partition coefficient (Wildman–Crippen LogP) is 4.54. The molecule has 0 radical (unpaired) electrons. The zero-order chi connectivity index (χ0) is 22.2. The van der Waals surface area contributed by atoms with E-state index < -0.39 is 11.7 Å². The van der Waals surface area contributed by atoms with Crippen LogP contribution in [0.15, 0.2) is 47.3 Å². The van der Waals surface area contributed by atoms with Crippen LogP contribution < -0.4 is 5.32 Å². The van der Waals surface area contributed by atoms with E-state index in [0.717, 1.165) is 24.2 Å². The van der Waals surface area contributed by atoms with Gasteiger partial charge in [0.05, 0.1) is 23.6 Å². The van der Waals surface area contributed by atoms with Crippen LogP contribution in [0.3, 0.4) is 0 Å². The highest BCUT2D eigenvalue weighted by Gasteiger charge is 2.18. The van der Waals surface area contributed by atoms with Crippen molar-refractivity contribution in [3.05, 3.63) is 71.6 Å². The molecule has 4 heterocycles.